The van der Waals surface area contributed by atoms with Crippen molar-refractivity contribution in [2.45, 2.75) is 12.5 Å². The maximum absolute atomic E-state index is 9.90. The molecule has 0 saturated carbocycles. The predicted octanol–water partition coefficient (Wildman–Crippen LogP) is -0.638. The second-order valence-corrected chi connectivity index (χ2v) is 1.43. The van der Waals surface area contributed by atoms with Crippen molar-refractivity contribution in [3.05, 3.63) is 0 Å². The molecule has 0 amide bonds. The molecule has 1 atom stereocenters. The highest BCUT2D eigenvalue weighted by Crippen LogP contribution is 1.78. The summed E-state index contributed by atoms with van der Waals surface area (Å²) in [7, 11) is 1.64. The van der Waals surface area contributed by atoms with Crippen molar-refractivity contribution < 1.29 is 9.59 Å². The number of nitrogens with one attached hydrogen (secondary N) is 1. The van der Waals surface area contributed by atoms with Crippen molar-refractivity contribution in [2.75, 3.05) is 7.05 Å². The Morgan fingerprint density at radius 2 is 2.25 bits per heavy atom. The van der Waals surface area contributed by atoms with Gasteiger partial charge >= 0.3 is 0 Å². The number of hydrogen-bond donors (Lipinski definition) is 1. The highest BCUT2D eigenvalue weighted by molar-refractivity contribution is 5.64. The summed E-state index contributed by atoms with van der Waals surface area (Å²) >= 11 is 0. The van der Waals surface area contributed by atoms with E-state index in [9.17, 15) is 9.59 Å². The molecule has 0 saturated heterocycles. The highest BCUT2D eigenvalue weighted by Gasteiger charge is 1.99. The average molecular weight is 115 g/mol. The van der Waals surface area contributed by atoms with Crippen molar-refractivity contribution in [1.82, 2.24) is 5.32 Å². The largest absolute Gasteiger partial charge is 0.310 e. The molecule has 0 aromatic heterocycles. The molecule has 3 nitrogen and oxygen atoms in total. The Labute approximate surface area is 48.1 Å². The van der Waals surface area contributed by atoms with E-state index in [1.165, 1.54) is 0 Å². The van der Waals surface area contributed by atoms with Gasteiger partial charge in [-0.25, -0.2) is 0 Å². The molecule has 8 heavy (non-hydrogen) atoms. The van der Waals surface area contributed by atoms with Gasteiger partial charge in [-0.05, 0) is 7.05 Å². The van der Waals surface area contributed by atoms with Crippen LogP contribution < -0.4 is 5.32 Å². The predicted molar refractivity (Wildman–Crippen MR) is 29.6 cm³/mol. The van der Waals surface area contributed by atoms with E-state index in [0.29, 0.717) is 6.29 Å². The molecular weight excluding hydrogens is 106 g/mol. The lowest BCUT2D eigenvalue weighted by Gasteiger charge is -2.00. The number of carbonyl (C=O) groups excluding carboxylic acids is 2. The molecule has 0 spiro atoms. The molecule has 0 heterocycles. The van der Waals surface area contributed by atoms with E-state index in [1.54, 1.807) is 7.05 Å². The second kappa shape index (κ2) is 4.46. The first-order valence-electron chi connectivity index (χ1n) is 2.41. The molecule has 0 fully saturated rings. The zero-order valence-electron chi connectivity index (χ0n) is 4.76. The highest BCUT2D eigenvalue weighted by atomic mass is 16.1. The molecular formula is C5H9NO2. The van der Waals surface area contributed by atoms with Crippen LogP contribution in [0.1, 0.15) is 6.42 Å². The van der Waals surface area contributed by atoms with Crippen LogP contribution in [0.4, 0.5) is 0 Å². The van der Waals surface area contributed by atoms with Gasteiger partial charge in [-0.15, -0.1) is 0 Å². The number of aldehydes is 2. The summed E-state index contributed by atoms with van der Waals surface area (Å²) in [5.41, 5.74) is 0. The number of hydrogen-bond acceptors (Lipinski definition) is 3. The summed E-state index contributed by atoms with van der Waals surface area (Å²) in [6.45, 7) is 0. The van der Waals surface area contributed by atoms with Gasteiger partial charge in [0.05, 0.1) is 6.04 Å². The lowest BCUT2D eigenvalue weighted by Crippen LogP contribution is -2.26. The van der Waals surface area contributed by atoms with Crippen LogP contribution in [0.25, 0.3) is 0 Å². The van der Waals surface area contributed by atoms with Gasteiger partial charge < -0.3 is 14.9 Å². The fourth-order valence-electron chi connectivity index (χ4n) is 0.345. The molecule has 0 radical (unpaired) electrons. The molecule has 0 bridgehead atoms. The Bertz CT molecular complexity index is 82.5. The molecule has 1 unspecified atom stereocenters. The van der Waals surface area contributed by atoms with Crippen LogP contribution in [-0.4, -0.2) is 25.7 Å². The normalized spacial score (nSPS) is 12.6. The molecule has 0 aromatic carbocycles. The van der Waals surface area contributed by atoms with Crippen molar-refractivity contribution in [1.29, 1.82) is 0 Å². The molecule has 0 aromatic rings. The first-order valence-corrected chi connectivity index (χ1v) is 2.41. The van der Waals surface area contributed by atoms with Crippen LogP contribution in [0.3, 0.4) is 0 Å². The van der Waals surface area contributed by atoms with Crippen molar-refractivity contribution in [2.24, 2.45) is 0 Å². The van der Waals surface area contributed by atoms with Crippen LogP contribution in [0, 0.1) is 0 Å². The fraction of sp³-hybridized carbons (Fsp3) is 0.600. The molecule has 3 heteroatoms. The number of likely N-dealkylation sites (N-methyl/N-ethyl adjacent to an activating group) is 1. The van der Waals surface area contributed by atoms with E-state index in [1.807, 2.05) is 0 Å². The maximum Gasteiger partial charge on any atom is 0.137 e. The lowest BCUT2D eigenvalue weighted by atomic mass is 10.2. The minimum Gasteiger partial charge on any atom is -0.310 e. The molecule has 0 rings (SSSR count). The number of carbonyl (C=O) groups is 2. The van der Waals surface area contributed by atoms with Crippen LogP contribution in [0.2, 0.25) is 0 Å². The topological polar surface area (TPSA) is 46.2 Å². The molecule has 0 aliphatic rings. The van der Waals surface area contributed by atoms with E-state index < -0.39 is 0 Å². The van der Waals surface area contributed by atoms with Gasteiger partial charge in [-0.1, -0.05) is 0 Å². The minimum atomic E-state index is -0.299. The van der Waals surface area contributed by atoms with Gasteiger partial charge in [-0.3, -0.25) is 0 Å². The SMILES string of the molecule is CNC(C=O)CC=O. The van der Waals surface area contributed by atoms with E-state index >= 15 is 0 Å². The third-order valence-corrected chi connectivity index (χ3v) is 0.885. The Morgan fingerprint density at radius 1 is 1.62 bits per heavy atom. The maximum atomic E-state index is 9.90. The van der Waals surface area contributed by atoms with E-state index in [0.717, 1.165) is 6.29 Å². The smallest absolute Gasteiger partial charge is 0.137 e. The molecule has 0 aliphatic heterocycles. The van der Waals surface area contributed by atoms with Crippen LogP contribution in [0.5, 0.6) is 0 Å². The van der Waals surface area contributed by atoms with Gasteiger partial charge in [-0.2, -0.15) is 0 Å². The summed E-state index contributed by atoms with van der Waals surface area (Å²) in [5.74, 6) is 0. The summed E-state index contributed by atoms with van der Waals surface area (Å²) in [5, 5.41) is 2.65. The van der Waals surface area contributed by atoms with E-state index in [-0.39, 0.29) is 12.5 Å². The van der Waals surface area contributed by atoms with Crippen LogP contribution in [-0.2, 0) is 9.59 Å². The lowest BCUT2D eigenvalue weighted by molar-refractivity contribution is -0.113. The summed E-state index contributed by atoms with van der Waals surface area (Å²) in [6, 6.07) is -0.299. The van der Waals surface area contributed by atoms with Crippen LogP contribution >= 0.6 is 0 Å². The van der Waals surface area contributed by atoms with Crippen molar-refractivity contribution in [3.63, 3.8) is 0 Å². The first kappa shape index (κ1) is 7.30. The molecule has 0 aliphatic carbocycles. The van der Waals surface area contributed by atoms with Crippen molar-refractivity contribution in [3.8, 4) is 0 Å². The van der Waals surface area contributed by atoms with Gasteiger partial charge in [0.15, 0.2) is 0 Å². The monoisotopic (exact) mass is 115 g/mol. The zero-order chi connectivity index (χ0) is 6.41. The average Bonchev–Trinajstić information content (AvgIpc) is 1.83. The summed E-state index contributed by atoms with van der Waals surface area (Å²) < 4.78 is 0. The Balaban J connectivity index is 3.35. The van der Waals surface area contributed by atoms with Crippen molar-refractivity contribution >= 4 is 12.6 Å². The quantitative estimate of drug-likeness (QED) is 0.496. The summed E-state index contributed by atoms with van der Waals surface area (Å²) in [4.78, 5) is 19.6. The Kier molecular flexibility index (Phi) is 4.07. The minimum absolute atomic E-state index is 0.264. The third-order valence-electron chi connectivity index (χ3n) is 0.885. The first-order chi connectivity index (χ1) is 3.85. The van der Waals surface area contributed by atoms with Gasteiger partial charge in [0, 0.05) is 6.42 Å². The van der Waals surface area contributed by atoms with E-state index in [4.69, 9.17) is 0 Å². The second-order valence-electron chi connectivity index (χ2n) is 1.43. The fourth-order valence-corrected chi connectivity index (χ4v) is 0.345. The van der Waals surface area contributed by atoms with Crippen LogP contribution in [0.15, 0.2) is 0 Å². The standard InChI is InChI=1S/C5H9NO2/c1-6-5(4-8)2-3-7/h3-6H,2H2,1H3. The molecule has 1 N–H and O–H groups in total. The van der Waals surface area contributed by atoms with E-state index in [2.05, 4.69) is 5.32 Å². The number of rotatable bonds is 4. The van der Waals surface area contributed by atoms with Gasteiger partial charge in [0.1, 0.15) is 12.6 Å². The van der Waals surface area contributed by atoms with Gasteiger partial charge in [0.2, 0.25) is 0 Å². The molecule has 46 valence electrons. The zero-order valence-corrected chi connectivity index (χ0v) is 4.76. The Morgan fingerprint density at radius 3 is 2.38 bits per heavy atom. The Hall–Kier alpha value is -0.700. The third kappa shape index (κ3) is 2.47. The van der Waals surface area contributed by atoms with Gasteiger partial charge in [0.25, 0.3) is 0 Å². The summed E-state index contributed by atoms with van der Waals surface area (Å²) in [6.07, 6.45) is 1.70.